The summed E-state index contributed by atoms with van der Waals surface area (Å²) < 4.78 is 0. The molecule has 1 rings (SSSR count). The molecule has 0 aromatic carbocycles. The molecule has 0 unspecified atom stereocenters. The average Bonchev–Trinajstić information content (AvgIpc) is 2.33. The number of rotatable bonds is 7. The molecule has 6 heteroatoms. The van der Waals surface area contributed by atoms with E-state index in [2.05, 4.69) is 48.1 Å². The number of carboxylic acid groups (broad SMARTS) is 1. The van der Waals surface area contributed by atoms with Crippen LogP contribution in [-0.4, -0.2) is 51.3 Å². The molecule has 19 heavy (non-hydrogen) atoms. The molecule has 0 atom stereocenters. The van der Waals surface area contributed by atoms with E-state index in [1.165, 1.54) is 12.3 Å². The summed E-state index contributed by atoms with van der Waals surface area (Å²) in [7, 11) is 0. The van der Waals surface area contributed by atoms with Gasteiger partial charge in [-0.25, -0.2) is 4.79 Å². The second-order valence-electron chi connectivity index (χ2n) is 4.95. The van der Waals surface area contributed by atoms with Gasteiger partial charge >= 0.3 is 5.97 Å². The Hall–Kier alpha value is -1.69. The summed E-state index contributed by atoms with van der Waals surface area (Å²) in [4.78, 5) is 13.3. The zero-order chi connectivity index (χ0) is 14.4. The molecule has 0 aliphatic carbocycles. The predicted octanol–water partition coefficient (Wildman–Crippen LogP) is 1.71. The Kier molecular flexibility index (Phi) is 5.69. The van der Waals surface area contributed by atoms with E-state index in [-0.39, 0.29) is 5.56 Å². The van der Waals surface area contributed by atoms with Gasteiger partial charge in [-0.05, 0) is 33.8 Å². The SMILES string of the molecule is CC(C)N(CCNc1nnccc1C(=O)O)C(C)C. The third kappa shape index (κ3) is 4.48. The molecule has 106 valence electrons. The van der Waals surface area contributed by atoms with E-state index in [9.17, 15) is 4.79 Å². The van der Waals surface area contributed by atoms with Crippen molar-refractivity contribution in [2.45, 2.75) is 39.8 Å². The first-order valence-corrected chi connectivity index (χ1v) is 6.48. The fourth-order valence-electron chi connectivity index (χ4n) is 2.05. The lowest BCUT2D eigenvalue weighted by Crippen LogP contribution is -2.40. The Labute approximate surface area is 113 Å². The van der Waals surface area contributed by atoms with E-state index in [1.807, 2.05) is 0 Å². The fraction of sp³-hybridized carbons (Fsp3) is 0.615. The van der Waals surface area contributed by atoms with Crippen LogP contribution in [0.25, 0.3) is 0 Å². The Morgan fingerprint density at radius 3 is 2.53 bits per heavy atom. The van der Waals surface area contributed by atoms with Crippen molar-refractivity contribution < 1.29 is 9.90 Å². The Balaban J connectivity index is 2.60. The van der Waals surface area contributed by atoms with E-state index >= 15 is 0 Å². The Bertz CT molecular complexity index is 413. The van der Waals surface area contributed by atoms with Crippen LogP contribution in [0.1, 0.15) is 38.1 Å². The fourth-order valence-corrected chi connectivity index (χ4v) is 2.05. The number of aromatic nitrogens is 2. The van der Waals surface area contributed by atoms with Gasteiger partial charge < -0.3 is 10.4 Å². The minimum Gasteiger partial charge on any atom is -0.478 e. The van der Waals surface area contributed by atoms with Gasteiger partial charge in [0.25, 0.3) is 0 Å². The standard InChI is InChI=1S/C13H22N4O2/c1-9(2)17(10(3)4)8-7-14-12-11(13(18)19)5-6-15-16-12/h5-6,9-10H,7-8H2,1-4H3,(H,14,16)(H,18,19). The van der Waals surface area contributed by atoms with Crippen LogP contribution in [0.2, 0.25) is 0 Å². The van der Waals surface area contributed by atoms with Crippen LogP contribution in [0.15, 0.2) is 12.3 Å². The maximum atomic E-state index is 11.0. The second-order valence-corrected chi connectivity index (χ2v) is 4.95. The quantitative estimate of drug-likeness (QED) is 0.782. The maximum Gasteiger partial charge on any atom is 0.339 e. The number of anilines is 1. The van der Waals surface area contributed by atoms with Gasteiger partial charge in [-0.1, -0.05) is 0 Å². The lowest BCUT2D eigenvalue weighted by molar-refractivity contribution is 0.0697. The molecule has 6 nitrogen and oxygen atoms in total. The molecule has 1 aromatic heterocycles. The van der Waals surface area contributed by atoms with Crippen molar-refractivity contribution in [2.75, 3.05) is 18.4 Å². The lowest BCUT2D eigenvalue weighted by atomic mass is 10.2. The molecule has 0 radical (unpaired) electrons. The summed E-state index contributed by atoms with van der Waals surface area (Å²) in [5.41, 5.74) is 0.149. The monoisotopic (exact) mass is 266 g/mol. The van der Waals surface area contributed by atoms with Crippen LogP contribution in [0.4, 0.5) is 5.82 Å². The molecule has 0 aliphatic rings. The molecule has 0 bridgehead atoms. The summed E-state index contributed by atoms with van der Waals surface area (Å²) in [6.07, 6.45) is 1.38. The van der Waals surface area contributed by atoms with Crippen LogP contribution >= 0.6 is 0 Å². The van der Waals surface area contributed by atoms with Crippen molar-refractivity contribution in [3.05, 3.63) is 17.8 Å². The molecule has 0 spiro atoms. The van der Waals surface area contributed by atoms with Gasteiger partial charge in [-0.2, -0.15) is 5.10 Å². The minimum absolute atomic E-state index is 0.149. The van der Waals surface area contributed by atoms with Gasteiger partial charge in [0.2, 0.25) is 0 Å². The number of hydrogen-bond donors (Lipinski definition) is 2. The number of carboxylic acids is 1. The van der Waals surface area contributed by atoms with Crippen molar-refractivity contribution >= 4 is 11.8 Å². The summed E-state index contributed by atoms with van der Waals surface area (Å²) in [5.74, 6) is -0.676. The van der Waals surface area contributed by atoms with E-state index in [1.54, 1.807) is 0 Å². The van der Waals surface area contributed by atoms with Gasteiger partial charge in [0.1, 0.15) is 5.56 Å². The first kappa shape index (κ1) is 15.4. The minimum atomic E-state index is -0.998. The van der Waals surface area contributed by atoms with E-state index in [0.717, 1.165) is 6.54 Å². The molecule has 0 amide bonds. The molecule has 1 aromatic rings. The Morgan fingerprint density at radius 1 is 1.37 bits per heavy atom. The highest BCUT2D eigenvalue weighted by Gasteiger charge is 2.14. The molecule has 0 saturated heterocycles. The van der Waals surface area contributed by atoms with Gasteiger partial charge in [0, 0.05) is 25.2 Å². The number of aromatic carboxylic acids is 1. The van der Waals surface area contributed by atoms with Gasteiger partial charge in [0.05, 0.1) is 6.20 Å². The summed E-state index contributed by atoms with van der Waals surface area (Å²) in [5, 5.41) is 19.6. The maximum absolute atomic E-state index is 11.0. The van der Waals surface area contributed by atoms with Crippen LogP contribution in [0.5, 0.6) is 0 Å². The van der Waals surface area contributed by atoms with Gasteiger partial charge in [-0.3, -0.25) is 4.90 Å². The number of hydrogen-bond acceptors (Lipinski definition) is 5. The first-order valence-electron chi connectivity index (χ1n) is 6.48. The highest BCUT2D eigenvalue weighted by atomic mass is 16.4. The van der Waals surface area contributed by atoms with Crippen LogP contribution in [0, 0.1) is 0 Å². The third-order valence-corrected chi connectivity index (χ3v) is 2.94. The smallest absolute Gasteiger partial charge is 0.339 e. The van der Waals surface area contributed by atoms with Gasteiger partial charge in [0.15, 0.2) is 5.82 Å². The highest BCUT2D eigenvalue weighted by Crippen LogP contribution is 2.10. The van der Waals surface area contributed by atoms with Crippen LogP contribution in [-0.2, 0) is 0 Å². The van der Waals surface area contributed by atoms with Crippen molar-refractivity contribution in [3.63, 3.8) is 0 Å². The molecule has 0 fully saturated rings. The molecular weight excluding hydrogens is 244 g/mol. The lowest BCUT2D eigenvalue weighted by Gasteiger charge is -2.30. The highest BCUT2D eigenvalue weighted by molar-refractivity contribution is 5.92. The first-order chi connectivity index (χ1) is 8.93. The number of nitrogens with one attached hydrogen (secondary N) is 1. The third-order valence-electron chi connectivity index (χ3n) is 2.94. The summed E-state index contributed by atoms with van der Waals surface area (Å²) in [6.45, 7) is 10.0. The topological polar surface area (TPSA) is 78.3 Å². The normalized spacial score (nSPS) is 11.3. The molecule has 0 aliphatic heterocycles. The van der Waals surface area contributed by atoms with Crippen LogP contribution < -0.4 is 5.32 Å². The van der Waals surface area contributed by atoms with Crippen molar-refractivity contribution in [2.24, 2.45) is 0 Å². The van der Waals surface area contributed by atoms with Crippen molar-refractivity contribution in [1.82, 2.24) is 15.1 Å². The predicted molar refractivity (Wildman–Crippen MR) is 74.5 cm³/mol. The average molecular weight is 266 g/mol. The summed E-state index contributed by atoms with van der Waals surface area (Å²) >= 11 is 0. The van der Waals surface area contributed by atoms with Crippen molar-refractivity contribution in [1.29, 1.82) is 0 Å². The second kappa shape index (κ2) is 7.04. The Morgan fingerprint density at radius 2 is 2.00 bits per heavy atom. The van der Waals surface area contributed by atoms with Gasteiger partial charge in [-0.15, -0.1) is 5.10 Å². The number of carbonyl (C=O) groups is 1. The molecule has 1 heterocycles. The largest absolute Gasteiger partial charge is 0.478 e. The van der Waals surface area contributed by atoms with E-state index < -0.39 is 5.97 Å². The van der Waals surface area contributed by atoms with Crippen molar-refractivity contribution in [3.8, 4) is 0 Å². The van der Waals surface area contributed by atoms with E-state index in [4.69, 9.17) is 5.11 Å². The molecular formula is C13H22N4O2. The van der Waals surface area contributed by atoms with E-state index in [0.29, 0.717) is 24.4 Å². The molecule has 2 N–H and O–H groups in total. The zero-order valence-corrected chi connectivity index (χ0v) is 11.9. The summed E-state index contributed by atoms with van der Waals surface area (Å²) in [6, 6.07) is 2.34. The number of nitrogens with zero attached hydrogens (tertiary/aromatic N) is 3. The zero-order valence-electron chi connectivity index (χ0n) is 11.9. The molecule has 0 saturated carbocycles. The van der Waals surface area contributed by atoms with Crippen LogP contribution in [0.3, 0.4) is 0 Å².